The van der Waals surface area contributed by atoms with E-state index < -0.39 is 11.6 Å². The fourth-order valence-corrected chi connectivity index (χ4v) is 3.94. The van der Waals surface area contributed by atoms with Gasteiger partial charge in [-0.3, -0.25) is 14.6 Å². The van der Waals surface area contributed by atoms with E-state index in [0.717, 1.165) is 45.8 Å². The lowest BCUT2D eigenvalue weighted by Gasteiger charge is -2.33. The predicted molar refractivity (Wildman–Crippen MR) is 117 cm³/mol. The number of hydrogen-bond acceptors (Lipinski definition) is 6. The van der Waals surface area contributed by atoms with Crippen molar-refractivity contribution in [1.82, 2.24) is 14.7 Å². The van der Waals surface area contributed by atoms with Gasteiger partial charge in [-0.15, -0.1) is 0 Å². The first-order chi connectivity index (χ1) is 14.1. The molecule has 2 rings (SSSR count). The number of nitrogens with zero attached hydrogens (tertiary/aromatic N) is 3. The zero-order valence-electron chi connectivity index (χ0n) is 19.6. The summed E-state index contributed by atoms with van der Waals surface area (Å²) in [6, 6.07) is -0.570. The van der Waals surface area contributed by atoms with Gasteiger partial charge in [0.25, 0.3) is 0 Å². The van der Waals surface area contributed by atoms with Gasteiger partial charge in [-0.2, -0.15) is 0 Å². The summed E-state index contributed by atoms with van der Waals surface area (Å²) < 4.78 is 10.9. The summed E-state index contributed by atoms with van der Waals surface area (Å²) in [7, 11) is 1.72. The number of carbonyl (C=O) groups is 2. The van der Waals surface area contributed by atoms with Crippen LogP contribution in [0.25, 0.3) is 0 Å². The monoisotopic (exact) mass is 421 g/mol. The number of morpholine rings is 1. The lowest BCUT2D eigenvalue weighted by molar-refractivity contribution is -0.166. The number of ether oxygens (including phenoxy) is 2. The summed E-state index contributed by atoms with van der Waals surface area (Å²) in [5.74, 6) is 6.05. The standard InChI is InChI=1S/C23H39N3O4/c1-18(2)20(22(28)30-23(3,4)5)24(6)21(27)19-9-12-26(17-19)11-8-7-10-25-13-15-29-16-14-25/h18-20H,9-17H2,1-6H3/t19-,20-/m0/s1. The molecule has 0 aliphatic carbocycles. The first kappa shape index (κ1) is 24.6. The molecule has 0 aromatic carbocycles. The molecule has 0 unspecified atom stereocenters. The van der Waals surface area contributed by atoms with E-state index in [2.05, 4.69) is 21.6 Å². The molecule has 0 bridgehead atoms. The molecule has 7 nitrogen and oxygen atoms in total. The molecule has 2 aliphatic rings. The van der Waals surface area contributed by atoms with Crippen LogP contribution >= 0.6 is 0 Å². The largest absolute Gasteiger partial charge is 0.458 e. The number of esters is 1. The highest BCUT2D eigenvalue weighted by atomic mass is 16.6. The number of likely N-dealkylation sites (N-methyl/N-ethyl adjacent to an activating group) is 1. The van der Waals surface area contributed by atoms with Gasteiger partial charge >= 0.3 is 5.97 Å². The molecule has 0 N–H and O–H groups in total. The van der Waals surface area contributed by atoms with Crippen LogP contribution in [0.4, 0.5) is 0 Å². The molecule has 0 saturated carbocycles. The molecule has 0 aromatic rings. The van der Waals surface area contributed by atoms with Crippen molar-refractivity contribution in [3.05, 3.63) is 0 Å². The van der Waals surface area contributed by atoms with E-state index in [4.69, 9.17) is 9.47 Å². The Morgan fingerprint density at radius 1 is 1.10 bits per heavy atom. The summed E-state index contributed by atoms with van der Waals surface area (Å²) in [5, 5.41) is 0. The Balaban J connectivity index is 1.85. The molecule has 2 heterocycles. The van der Waals surface area contributed by atoms with Gasteiger partial charge < -0.3 is 14.4 Å². The van der Waals surface area contributed by atoms with Crippen molar-refractivity contribution in [1.29, 1.82) is 0 Å². The highest BCUT2D eigenvalue weighted by Gasteiger charge is 2.38. The van der Waals surface area contributed by atoms with Crippen molar-refractivity contribution >= 4 is 11.9 Å². The van der Waals surface area contributed by atoms with E-state index in [1.807, 2.05) is 34.6 Å². The van der Waals surface area contributed by atoms with E-state index in [9.17, 15) is 9.59 Å². The van der Waals surface area contributed by atoms with Crippen LogP contribution in [0.1, 0.15) is 41.0 Å². The molecule has 2 fully saturated rings. The second kappa shape index (κ2) is 11.1. The van der Waals surface area contributed by atoms with Gasteiger partial charge in [-0.1, -0.05) is 25.7 Å². The van der Waals surface area contributed by atoms with Crippen molar-refractivity contribution in [2.24, 2.45) is 11.8 Å². The Morgan fingerprint density at radius 3 is 2.27 bits per heavy atom. The van der Waals surface area contributed by atoms with Crippen LogP contribution in [0.3, 0.4) is 0 Å². The molecule has 2 saturated heterocycles. The summed E-state index contributed by atoms with van der Waals surface area (Å²) in [6.07, 6.45) is 0.799. The number of hydrogen-bond donors (Lipinski definition) is 0. The number of likely N-dealkylation sites (tertiary alicyclic amines) is 1. The van der Waals surface area contributed by atoms with E-state index in [0.29, 0.717) is 13.1 Å². The predicted octanol–water partition coefficient (Wildman–Crippen LogP) is 1.47. The number of amides is 1. The van der Waals surface area contributed by atoms with Crippen LogP contribution < -0.4 is 0 Å². The number of rotatable bonds is 6. The molecule has 2 atom stereocenters. The molecule has 0 radical (unpaired) electrons. The van der Waals surface area contributed by atoms with Crippen molar-refractivity contribution in [2.75, 3.05) is 59.5 Å². The Labute approximate surface area is 182 Å². The van der Waals surface area contributed by atoms with Gasteiger partial charge in [0.05, 0.1) is 32.2 Å². The number of carbonyl (C=O) groups excluding carboxylic acids is 2. The lowest BCUT2D eigenvalue weighted by Crippen LogP contribution is -2.50. The summed E-state index contributed by atoms with van der Waals surface area (Å²) in [5.41, 5.74) is -0.571. The third kappa shape index (κ3) is 7.57. The average molecular weight is 422 g/mol. The first-order valence-electron chi connectivity index (χ1n) is 11.1. The maximum Gasteiger partial charge on any atom is 0.329 e. The van der Waals surface area contributed by atoms with Gasteiger partial charge in [-0.25, -0.2) is 4.79 Å². The molecule has 0 spiro atoms. The SMILES string of the molecule is CC(C)[C@@H](C(=O)OC(C)(C)C)N(C)C(=O)[C@H]1CCN(CC#CCN2CCOCC2)C1. The summed E-state index contributed by atoms with van der Waals surface area (Å²) >= 11 is 0. The third-order valence-electron chi connectivity index (χ3n) is 5.50. The minimum Gasteiger partial charge on any atom is -0.458 e. The second-order valence-electron chi connectivity index (χ2n) is 9.63. The highest BCUT2D eigenvalue weighted by molar-refractivity contribution is 5.86. The zero-order chi connectivity index (χ0) is 22.3. The average Bonchev–Trinajstić information content (AvgIpc) is 3.12. The van der Waals surface area contributed by atoms with Crippen LogP contribution in [0.15, 0.2) is 0 Å². The van der Waals surface area contributed by atoms with E-state index in [1.165, 1.54) is 0 Å². The minimum absolute atomic E-state index is 0.0163. The molecule has 2 aliphatic heterocycles. The van der Waals surface area contributed by atoms with E-state index in [1.54, 1.807) is 11.9 Å². The smallest absolute Gasteiger partial charge is 0.329 e. The first-order valence-corrected chi connectivity index (χ1v) is 11.1. The van der Waals surface area contributed by atoms with Crippen LogP contribution in [0.5, 0.6) is 0 Å². The molecule has 30 heavy (non-hydrogen) atoms. The lowest BCUT2D eigenvalue weighted by atomic mass is 9.99. The zero-order valence-corrected chi connectivity index (χ0v) is 19.6. The third-order valence-corrected chi connectivity index (χ3v) is 5.50. The summed E-state index contributed by atoms with van der Waals surface area (Å²) in [6.45, 7) is 15.9. The van der Waals surface area contributed by atoms with Gasteiger partial charge in [0, 0.05) is 26.7 Å². The fraction of sp³-hybridized carbons (Fsp3) is 0.826. The van der Waals surface area contributed by atoms with Crippen molar-refractivity contribution in [3.8, 4) is 11.8 Å². The normalized spacial score (nSPS) is 21.8. The molecule has 1 amide bonds. The molecular weight excluding hydrogens is 382 g/mol. The van der Waals surface area contributed by atoms with Crippen LogP contribution in [0.2, 0.25) is 0 Å². The van der Waals surface area contributed by atoms with E-state index >= 15 is 0 Å². The van der Waals surface area contributed by atoms with Crippen molar-refractivity contribution < 1.29 is 19.1 Å². The maximum absolute atomic E-state index is 13.1. The van der Waals surface area contributed by atoms with E-state index in [-0.39, 0.29) is 23.7 Å². The molecule has 7 heteroatoms. The maximum atomic E-state index is 13.1. The van der Waals surface area contributed by atoms with Gasteiger partial charge in [-0.05, 0) is 39.7 Å². The quantitative estimate of drug-likeness (QED) is 0.478. The highest BCUT2D eigenvalue weighted by Crippen LogP contribution is 2.22. The topological polar surface area (TPSA) is 62.3 Å². The van der Waals surface area contributed by atoms with Crippen molar-refractivity contribution in [3.63, 3.8) is 0 Å². The molecule has 0 aromatic heterocycles. The molecule has 170 valence electrons. The van der Waals surface area contributed by atoms with Gasteiger partial charge in [0.1, 0.15) is 11.6 Å². The van der Waals surface area contributed by atoms with Gasteiger partial charge in [0.15, 0.2) is 0 Å². The summed E-state index contributed by atoms with van der Waals surface area (Å²) in [4.78, 5) is 31.9. The van der Waals surface area contributed by atoms with Crippen LogP contribution in [0, 0.1) is 23.7 Å². The Bertz CT molecular complexity index is 641. The minimum atomic E-state index is -0.571. The Morgan fingerprint density at radius 2 is 1.70 bits per heavy atom. The van der Waals surface area contributed by atoms with Crippen LogP contribution in [-0.2, 0) is 19.1 Å². The fourth-order valence-electron chi connectivity index (χ4n) is 3.94. The van der Waals surface area contributed by atoms with Crippen LogP contribution in [-0.4, -0.2) is 97.7 Å². The second-order valence-corrected chi connectivity index (χ2v) is 9.63. The Hall–Kier alpha value is -1.62. The molecular formula is C23H39N3O4. The van der Waals surface area contributed by atoms with Crippen molar-refractivity contribution in [2.45, 2.75) is 52.7 Å². The Kier molecular flexibility index (Phi) is 9.14. The van der Waals surface area contributed by atoms with Gasteiger partial charge in [0.2, 0.25) is 5.91 Å².